The fourth-order valence-electron chi connectivity index (χ4n) is 2.01. The number of anilines is 1. The van der Waals surface area contributed by atoms with Gasteiger partial charge in [-0.15, -0.1) is 0 Å². The second kappa shape index (κ2) is 6.04. The Labute approximate surface area is 125 Å². The molecule has 0 N–H and O–H groups in total. The summed E-state index contributed by atoms with van der Waals surface area (Å²) in [6.07, 6.45) is 3.76. The molecule has 0 unspecified atom stereocenters. The Morgan fingerprint density at radius 3 is 2.80 bits per heavy atom. The van der Waals surface area contributed by atoms with Crippen molar-refractivity contribution in [2.75, 3.05) is 11.9 Å². The first-order valence-electron chi connectivity index (χ1n) is 6.03. The zero-order valence-corrected chi connectivity index (χ0v) is 12.9. The van der Waals surface area contributed by atoms with Gasteiger partial charge in [-0.05, 0) is 12.1 Å². The van der Waals surface area contributed by atoms with Crippen molar-refractivity contribution in [1.29, 1.82) is 0 Å². The molecule has 0 saturated heterocycles. The van der Waals surface area contributed by atoms with Crippen molar-refractivity contribution in [2.45, 2.75) is 11.9 Å². The van der Waals surface area contributed by atoms with Gasteiger partial charge in [-0.25, -0.2) is 0 Å². The van der Waals surface area contributed by atoms with E-state index >= 15 is 0 Å². The highest BCUT2D eigenvalue weighted by Crippen LogP contribution is 2.27. The summed E-state index contributed by atoms with van der Waals surface area (Å²) < 4.78 is 1.75. The van der Waals surface area contributed by atoms with E-state index in [0.717, 1.165) is 11.3 Å². The Morgan fingerprint density at radius 1 is 1.50 bits per heavy atom. The average molecular weight is 339 g/mol. The minimum absolute atomic E-state index is 0.139. The molecule has 0 bridgehead atoms. The van der Waals surface area contributed by atoms with Gasteiger partial charge in [0.1, 0.15) is 0 Å². The molecular weight excluding hydrogens is 324 g/mol. The van der Waals surface area contributed by atoms with Crippen molar-refractivity contribution in [2.24, 2.45) is 7.05 Å². The third-order valence-corrected chi connectivity index (χ3v) is 3.63. The van der Waals surface area contributed by atoms with Gasteiger partial charge < -0.3 is 4.90 Å². The number of alkyl halides is 1. The van der Waals surface area contributed by atoms with Crippen LogP contribution in [-0.4, -0.2) is 21.8 Å². The number of nitrogens with zero attached hydrogens (tertiary/aromatic N) is 4. The van der Waals surface area contributed by atoms with Crippen LogP contribution in [0.3, 0.4) is 0 Å². The quantitative estimate of drug-likeness (QED) is 0.477. The number of nitro groups is 1. The molecule has 20 heavy (non-hydrogen) atoms. The molecule has 2 rings (SSSR count). The zero-order chi connectivity index (χ0) is 14.7. The lowest BCUT2D eigenvalue weighted by Crippen LogP contribution is -2.16. The first-order chi connectivity index (χ1) is 9.51. The molecule has 0 aliphatic heterocycles. The van der Waals surface area contributed by atoms with E-state index < -0.39 is 0 Å². The van der Waals surface area contributed by atoms with Gasteiger partial charge in [0.25, 0.3) is 5.69 Å². The summed E-state index contributed by atoms with van der Waals surface area (Å²) in [5, 5.41) is 15.5. The second-order valence-corrected chi connectivity index (χ2v) is 5.14. The summed E-state index contributed by atoms with van der Waals surface area (Å²) in [6, 6.07) is 5.15. The van der Waals surface area contributed by atoms with E-state index in [1.54, 1.807) is 16.8 Å². The van der Waals surface area contributed by atoms with E-state index in [0.29, 0.717) is 17.4 Å². The third-order valence-electron chi connectivity index (χ3n) is 3.02. The Morgan fingerprint density at radius 2 is 2.25 bits per heavy atom. The Balaban J connectivity index is 2.21. The maximum absolute atomic E-state index is 10.9. The van der Waals surface area contributed by atoms with Gasteiger partial charge in [-0.2, -0.15) is 5.10 Å². The molecule has 1 aromatic heterocycles. The van der Waals surface area contributed by atoms with E-state index in [1.807, 2.05) is 37.5 Å². The van der Waals surface area contributed by atoms with Crippen molar-refractivity contribution in [3.8, 4) is 0 Å². The van der Waals surface area contributed by atoms with Gasteiger partial charge in [0.15, 0.2) is 0 Å². The predicted octanol–water partition coefficient (Wildman–Crippen LogP) is 2.86. The van der Waals surface area contributed by atoms with Crippen molar-refractivity contribution >= 4 is 27.3 Å². The van der Waals surface area contributed by atoms with Gasteiger partial charge in [-0.1, -0.05) is 15.9 Å². The van der Waals surface area contributed by atoms with Crippen molar-refractivity contribution in [1.82, 2.24) is 9.78 Å². The summed E-state index contributed by atoms with van der Waals surface area (Å²) >= 11 is 3.29. The molecule has 106 valence electrons. The van der Waals surface area contributed by atoms with Gasteiger partial charge in [0, 0.05) is 55.0 Å². The van der Waals surface area contributed by atoms with Crippen LogP contribution in [0.4, 0.5) is 11.4 Å². The van der Waals surface area contributed by atoms with E-state index in [9.17, 15) is 10.1 Å². The van der Waals surface area contributed by atoms with Crippen LogP contribution in [0.15, 0.2) is 30.6 Å². The SMILES string of the molecule is CN(Cc1cnn(C)c1)c1ccc([N+](=O)[O-])c(CBr)c1. The van der Waals surface area contributed by atoms with Gasteiger partial charge in [0.2, 0.25) is 0 Å². The Bertz CT molecular complexity index is 627. The van der Waals surface area contributed by atoms with Crippen molar-refractivity contribution < 1.29 is 4.92 Å². The van der Waals surface area contributed by atoms with Crippen molar-refractivity contribution in [3.63, 3.8) is 0 Å². The first kappa shape index (κ1) is 14.5. The first-order valence-corrected chi connectivity index (χ1v) is 7.15. The number of hydrogen-bond donors (Lipinski definition) is 0. The third kappa shape index (κ3) is 3.16. The van der Waals surface area contributed by atoms with Crippen LogP contribution in [0.5, 0.6) is 0 Å². The smallest absolute Gasteiger partial charge is 0.273 e. The molecule has 0 spiro atoms. The fourth-order valence-corrected chi connectivity index (χ4v) is 2.46. The van der Waals surface area contributed by atoms with Crippen LogP contribution in [-0.2, 0) is 18.9 Å². The van der Waals surface area contributed by atoms with Crippen LogP contribution < -0.4 is 4.90 Å². The summed E-state index contributed by atoms with van der Waals surface area (Å²) in [7, 11) is 3.82. The van der Waals surface area contributed by atoms with E-state index in [4.69, 9.17) is 0 Å². The molecule has 0 saturated carbocycles. The molecule has 7 heteroatoms. The molecule has 6 nitrogen and oxygen atoms in total. The molecule has 1 heterocycles. The Hall–Kier alpha value is -1.89. The molecule has 1 aromatic carbocycles. The van der Waals surface area contributed by atoms with Crippen LogP contribution in [0.2, 0.25) is 0 Å². The molecule has 0 fully saturated rings. The number of halogens is 1. The topological polar surface area (TPSA) is 64.2 Å². The predicted molar refractivity (Wildman–Crippen MR) is 81.0 cm³/mol. The largest absolute Gasteiger partial charge is 0.370 e. The van der Waals surface area contributed by atoms with Gasteiger partial charge in [0.05, 0.1) is 11.1 Å². The summed E-state index contributed by atoms with van der Waals surface area (Å²) in [5.41, 5.74) is 2.84. The summed E-state index contributed by atoms with van der Waals surface area (Å²) in [6.45, 7) is 0.702. The number of hydrogen-bond acceptors (Lipinski definition) is 4. The lowest BCUT2D eigenvalue weighted by atomic mass is 10.1. The van der Waals surface area contributed by atoms with E-state index in [2.05, 4.69) is 21.0 Å². The van der Waals surface area contributed by atoms with Crippen molar-refractivity contribution in [3.05, 3.63) is 51.8 Å². The Kier molecular flexibility index (Phi) is 4.39. The maximum atomic E-state index is 10.9. The average Bonchev–Trinajstić information content (AvgIpc) is 2.83. The lowest BCUT2D eigenvalue weighted by molar-refractivity contribution is -0.385. The molecule has 0 amide bonds. The second-order valence-electron chi connectivity index (χ2n) is 4.58. The summed E-state index contributed by atoms with van der Waals surface area (Å²) in [5.74, 6) is 0. The van der Waals surface area contributed by atoms with Crippen LogP contribution in [0.25, 0.3) is 0 Å². The van der Waals surface area contributed by atoms with Crippen LogP contribution in [0.1, 0.15) is 11.1 Å². The van der Waals surface area contributed by atoms with E-state index in [1.165, 1.54) is 0 Å². The lowest BCUT2D eigenvalue weighted by Gasteiger charge is -2.19. The standard InChI is InChI=1S/C13H15BrN4O2/c1-16(8-10-7-15-17(2)9-10)12-3-4-13(18(19)20)11(5-12)6-14/h3-5,7,9H,6,8H2,1-2H3. The maximum Gasteiger partial charge on any atom is 0.273 e. The number of benzene rings is 1. The monoisotopic (exact) mass is 338 g/mol. The molecule has 0 atom stereocenters. The number of nitro benzene ring substituents is 1. The molecule has 0 radical (unpaired) electrons. The molecule has 0 aliphatic carbocycles. The summed E-state index contributed by atoms with van der Waals surface area (Å²) in [4.78, 5) is 12.6. The van der Waals surface area contributed by atoms with Crippen LogP contribution >= 0.6 is 15.9 Å². The van der Waals surface area contributed by atoms with Gasteiger partial charge >= 0.3 is 0 Å². The highest BCUT2D eigenvalue weighted by molar-refractivity contribution is 9.08. The normalized spacial score (nSPS) is 10.6. The highest BCUT2D eigenvalue weighted by Gasteiger charge is 2.14. The van der Waals surface area contributed by atoms with Gasteiger partial charge in [-0.3, -0.25) is 14.8 Å². The molecular formula is C13H15BrN4O2. The zero-order valence-electron chi connectivity index (χ0n) is 11.3. The highest BCUT2D eigenvalue weighted by atomic mass is 79.9. The minimum atomic E-state index is -0.360. The molecule has 2 aromatic rings. The minimum Gasteiger partial charge on any atom is -0.370 e. The number of aryl methyl sites for hydroxylation is 1. The fraction of sp³-hybridized carbons (Fsp3) is 0.308. The number of aromatic nitrogens is 2. The van der Waals surface area contributed by atoms with E-state index in [-0.39, 0.29) is 10.6 Å². The van der Waals surface area contributed by atoms with Crippen LogP contribution in [0, 0.1) is 10.1 Å². The molecule has 0 aliphatic rings. The number of rotatable bonds is 5.